The van der Waals surface area contributed by atoms with E-state index in [4.69, 9.17) is 19.2 Å². The normalized spacial score (nSPS) is 17.7. The Bertz CT molecular complexity index is 1140. The molecule has 3 heterocycles. The average molecular weight is 407 g/mol. The third kappa shape index (κ3) is 3.14. The number of aromatic nitrogens is 2. The smallest absolute Gasteiger partial charge is 0.326 e. The lowest BCUT2D eigenvalue weighted by atomic mass is 10.1. The maximum atomic E-state index is 12.8. The van der Waals surface area contributed by atoms with E-state index < -0.39 is 0 Å². The molecule has 0 N–H and O–H groups in total. The van der Waals surface area contributed by atoms with Crippen LogP contribution in [0.15, 0.2) is 42.5 Å². The maximum Gasteiger partial charge on any atom is 0.326 e. The van der Waals surface area contributed by atoms with E-state index >= 15 is 0 Å². The summed E-state index contributed by atoms with van der Waals surface area (Å²) in [5.41, 5.74) is 2.42. The molecule has 3 aromatic rings. The molecule has 1 amide bonds. The van der Waals surface area contributed by atoms with Crippen LogP contribution in [0.1, 0.15) is 25.1 Å². The zero-order valence-electron chi connectivity index (χ0n) is 16.5. The first-order valence-electron chi connectivity index (χ1n) is 9.95. The third-order valence-corrected chi connectivity index (χ3v) is 5.43. The Balaban J connectivity index is 1.47. The molecule has 1 fully saturated rings. The summed E-state index contributed by atoms with van der Waals surface area (Å²) < 4.78 is 17.8. The number of nitrogens with zero attached hydrogens (tertiary/aromatic N) is 3. The van der Waals surface area contributed by atoms with Crippen molar-refractivity contribution in [2.24, 2.45) is 0 Å². The fraction of sp³-hybridized carbons (Fsp3) is 0.318. The van der Waals surface area contributed by atoms with Gasteiger partial charge in [-0.25, -0.2) is 4.98 Å². The van der Waals surface area contributed by atoms with Crippen LogP contribution in [-0.4, -0.2) is 41.4 Å². The number of hydrogen-bond acceptors (Lipinski definition) is 6. The molecule has 0 aliphatic carbocycles. The van der Waals surface area contributed by atoms with Gasteiger partial charge in [-0.15, -0.1) is 0 Å². The Morgan fingerprint density at radius 2 is 2.03 bits per heavy atom. The van der Waals surface area contributed by atoms with Crippen molar-refractivity contribution in [2.45, 2.75) is 25.8 Å². The molecular formula is C22H21N3O5. The molecule has 8 heteroatoms. The Kier molecular flexibility index (Phi) is 4.54. The van der Waals surface area contributed by atoms with Gasteiger partial charge in [0.05, 0.1) is 17.6 Å². The van der Waals surface area contributed by atoms with E-state index in [0.717, 1.165) is 22.5 Å². The first kappa shape index (κ1) is 18.5. The summed E-state index contributed by atoms with van der Waals surface area (Å²) in [5.74, 6) is 1.59. The van der Waals surface area contributed by atoms with Crippen LogP contribution in [0.5, 0.6) is 11.5 Å². The number of amides is 1. The van der Waals surface area contributed by atoms with Crippen LogP contribution in [0.4, 0.5) is 5.69 Å². The van der Waals surface area contributed by atoms with Crippen LogP contribution < -0.4 is 14.4 Å². The molecule has 2 aliphatic rings. The molecule has 1 aromatic heterocycles. The predicted molar refractivity (Wildman–Crippen MR) is 109 cm³/mol. The highest BCUT2D eigenvalue weighted by molar-refractivity contribution is 5.97. The fourth-order valence-electron chi connectivity index (χ4n) is 4.09. The Morgan fingerprint density at radius 1 is 1.20 bits per heavy atom. The number of hydrogen-bond donors (Lipinski definition) is 0. The van der Waals surface area contributed by atoms with Gasteiger partial charge in [0.1, 0.15) is 12.4 Å². The quantitative estimate of drug-likeness (QED) is 0.605. The topological polar surface area (TPSA) is 82.9 Å². The van der Waals surface area contributed by atoms with Gasteiger partial charge in [-0.1, -0.05) is 12.1 Å². The van der Waals surface area contributed by atoms with E-state index in [1.54, 1.807) is 11.8 Å². The standard InChI is InChI=1S/C22H21N3O5/c1-2-28-21(27)12-25-17-6-4-3-5-16(17)23-22(25)14-9-20(26)24(11-14)15-7-8-18-19(10-15)30-13-29-18/h3-8,10,14H,2,9,11-13H2,1H3. The second kappa shape index (κ2) is 7.37. The highest BCUT2D eigenvalue weighted by Crippen LogP contribution is 2.39. The van der Waals surface area contributed by atoms with Gasteiger partial charge >= 0.3 is 5.97 Å². The molecule has 0 bridgehead atoms. The minimum absolute atomic E-state index is 0.00797. The number of anilines is 1. The van der Waals surface area contributed by atoms with Crippen LogP contribution in [0.3, 0.4) is 0 Å². The van der Waals surface area contributed by atoms with Gasteiger partial charge in [0.25, 0.3) is 0 Å². The lowest BCUT2D eigenvalue weighted by molar-refractivity contribution is -0.143. The van der Waals surface area contributed by atoms with Gasteiger partial charge in [-0.05, 0) is 31.2 Å². The fourth-order valence-corrected chi connectivity index (χ4v) is 4.09. The van der Waals surface area contributed by atoms with Crippen molar-refractivity contribution in [3.63, 3.8) is 0 Å². The second-order valence-corrected chi connectivity index (χ2v) is 7.29. The first-order chi connectivity index (χ1) is 14.6. The number of para-hydroxylation sites is 2. The van der Waals surface area contributed by atoms with Gasteiger partial charge in [0, 0.05) is 30.6 Å². The van der Waals surface area contributed by atoms with E-state index in [1.165, 1.54) is 0 Å². The zero-order chi connectivity index (χ0) is 20.7. The number of imidazole rings is 1. The van der Waals surface area contributed by atoms with Crippen molar-refractivity contribution in [3.05, 3.63) is 48.3 Å². The molecular weight excluding hydrogens is 386 g/mol. The van der Waals surface area contributed by atoms with E-state index in [-0.39, 0.29) is 31.1 Å². The van der Waals surface area contributed by atoms with Gasteiger partial charge in [0.15, 0.2) is 11.5 Å². The van der Waals surface area contributed by atoms with E-state index in [9.17, 15) is 9.59 Å². The molecule has 8 nitrogen and oxygen atoms in total. The van der Waals surface area contributed by atoms with Gasteiger partial charge in [-0.3, -0.25) is 9.59 Å². The highest BCUT2D eigenvalue weighted by atomic mass is 16.7. The summed E-state index contributed by atoms with van der Waals surface area (Å²) >= 11 is 0. The number of fused-ring (bicyclic) bond motifs is 2. The van der Waals surface area contributed by atoms with Crippen molar-refractivity contribution in [2.75, 3.05) is 24.8 Å². The summed E-state index contributed by atoms with van der Waals surface area (Å²) in [6.45, 7) is 2.83. The lowest BCUT2D eigenvalue weighted by Crippen LogP contribution is -2.24. The molecule has 1 unspecified atom stereocenters. The van der Waals surface area contributed by atoms with Crippen LogP contribution >= 0.6 is 0 Å². The minimum atomic E-state index is -0.321. The van der Waals surface area contributed by atoms with E-state index in [1.807, 2.05) is 47.0 Å². The molecule has 0 radical (unpaired) electrons. The monoisotopic (exact) mass is 407 g/mol. The number of carbonyl (C=O) groups is 2. The number of carbonyl (C=O) groups excluding carboxylic acids is 2. The highest BCUT2D eigenvalue weighted by Gasteiger charge is 2.35. The average Bonchev–Trinajstić information content (AvgIpc) is 3.45. The molecule has 1 atom stereocenters. The van der Waals surface area contributed by atoms with Crippen molar-refractivity contribution in [1.82, 2.24) is 9.55 Å². The van der Waals surface area contributed by atoms with Crippen LogP contribution in [0.2, 0.25) is 0 Å². The molecule has 0 spiro atoms. The summed E-state index contributed by atoms with van der Waals surface area (Å²) in [4.78, 5) is 31.5. The van der Waals surface area contributed by atoms with Crippen molar-refractivity contribution >= 4 is 28.6 Å². The summed E-state index contributed by atoms with van der Waals surface area (Å²) in [6.07, 6.45) is 0.320. The first-order valence-corrected chi connectivity index (χ1v) is 9.95. The maximum absolute atomic E-state index is 12.8. The molecule has 30 heavy (non-hydrogen) atoms. The Labute approximate surface area is 173 Å². The van der Waals surface area contributed by atoms with Crippen molar-refractivity contribution < 1.29 is 23.8 Å². The Morgan fingerprint density at radius 3 is 2.90 bits per heavy atom. The van der Waals surface area contributed by atoms with E-state index in [2.05, 4.69) is 0 Å². The predicted octanol–water partition coefficient (Wildman–Crippen LogP) is 2.85. The molecule has 1 saturated heterocycles. The third-order valence-electron chi connectivity index (χ3n) is 5.43. The van der Waals surface area contributed by atoms with Gasteiger partial charge in [0.2, 0.25) is 12.7 Å². The molecule has 5 rings (SSSR count). The molecule has 2 aliphatic heterocycles. The largest absolute Gasteiger partial charge is 0.465 e. The van der Waals surface area contributed by atoms with Crippen molar-refractivity contribution in [1.29, 1.82) is 0 Å². The van der Waals surface area contributed by atoms with Crippen molar-refractivity contribution in [3.8, 4) is 11.5 Å². The number of ether oxygens (including phenoxy) is 3. The van der Waals surface area contributed by atoms with Gasteiger partial charge < -0.3 is 23.7 Å². The Hall–Kier alpha value is -3.55. The van der Waals surface area contributed by atoms with Crippen LogP contribution in [0, 0.1) is 0 Å². The molecule has 0 saturated carbocycles. The number of benzene rings is 2. The van der Waals surface area contributed by atoms with E-state index in [0.29, 0.717) is 31.1 Å². The summed E-state index contributed by atoms with van der Waals surface area (Å²) in [7, 11) is 0. The lowest BCUT2D eigenvalue weighted by Gasteiger charge is -2.17. The van der Waals surface area contributed by atoms with Gasteiger partial charge in [-0.2, -0.15) is 0 Å². The SMILES string of the molecule is CCOC(=O)Cn1c(C2CC(=O)N(c3ccc4c(c3)OCO4)C2)nc2ccccc21. The second-order valence-electron chi connectivity index (χ2n) is 7.29. The number of esters is 1. The van der Waals surface area contributed by atoms with Crippen LogP contribution in [-0.2, 0) is 20.9 Å². The summed E-state index contributed by atoms with van der Waals surface area (Å²) in [5, 5.41) is 0. The summed E-state index contributed by atoms with van der Waals surface area (Å²) in [6, 6.07) is 13.2. The number of rotatable bonds is 5. The molecule has 154 valence electrons. The minimum Gasteiger partial charge on any atom is -0.465 e. The molecule has 2 aromatic carbocycles. The zero-order valence-corrected chi connectivity index (χ0v) is 16.5. The van der Waals surface area contributed by atoms with Crippen LogP contribution in [0.25, 0.3) is 11.0 Å².